The van der Waals surface area contributed by atoms with Crippen molar-refractivity contribution in [3.63, 3.8) is 0 Å². The van der Waals surface area contributed by atoms with Gasteiger partial charge >= 0.3 is 0 Å². The first-order valence-electron chi connectivity index (χ1n) is 3.58. The lowest BCUT2D eigenvalue weighted by molar-refractivity contribution is 0.424. The lowest BCUT2D eigenvalue weighted by atomic mass is 10.2. The van der Waals surface area contributed by atoms with Gasteiger partial charge in [0.2, 0.25) is 8.03 Å². The molecule has 0 radical (unpaired) electrons. The molecule has 0 bridgehead atoms. The minimum absolute atomic E-state index is 0.572. The van der Waals surface area contributed by atoms with E-state index in [1.54, 1.807) is 0 Å². The second-order valence-corrected chi connectivity index (χ2v) is 3.92. The predicted molar refractivity (Wildman–Crippen MR) is 51.5 cm³/mol. The van der Waals surface area contributed by atoms with Crippen molar-refractivity contribution >= 4 is 13.3 Å². The van der Waals surface area contributed by atoms with Crippen LogP contribution in [0.4, 0.5) is 0 Å². The summed E-state index contributed by atoms with van der Waals surface area (Å²) in [4.78, 5) is 0. The van der Waals surface area contributed by atoms with Crippen LogP contribution < -0.4 is 0 Å². The second kappa shape index (κ2) is 4.24. The van der Waals surface area contributed by atoms with Crippen LogP contribution in [0.5, 0.6) is 0 Å². The zero-order valence-corrected chi connectivity index (χ0v) is 7.91. The topological polar surface area (TPSA) is 26.3 Å². The van der Waals surface area contributed by atoms with E-state index in [1.165, 1.54) is 7.11 Å². The second-order valence-electron chi connectivity index (χ2n) is 2.34. The molecule has 0 spiro atoms. The van der Waals surface area contributed by atoms with Crippen molar-refractivity contribution in [2.24, 2.45) is 0 Å². The minimum Gasteiger partial charge on any atom is -0.331 e. The minimum atomic E-state index is -2.10. The van der Waals surface area contributed by atoms with E-state index >= 15 is 0 Å². The zero-order valence-electron chi connectivity index (χ0n) is 6.91. The van der Waals surface area contributed by atoms with Gasteiger partial charge in [-0.15, -0.1) is 0 Å². The van der Waals surface area contributed by atoms with E-state index in [4.69, 9.17) is 4.52 Å². The van der Waals surface area contributed by atoms with Crippen LogP contribution in [0, 0.1) is 0 Å². The van der Waals surface area contributed by atoms with Crippen LogP contribution >= 0.6 is 8.03 Å². The van der Waals surface area contributed by atoms with Gasteiger partial charge in [-0.25, -0.2) is 0 Å². The fraction of sp³-hybridized carbons (Fsp3) is 0.111. The lowest BCUT2D eigenvalue weighted by Crippen LogP contribution is -1.77. The Morgan fingerprint density at radius 2 is 2.00 bits per heavy atom. The molecule has 0 heterocycles. The molecule has 0 aliphatic rings. The van der Waals surface area contributed by atoms with Crippen LogP contribution in [0.25, 0.3) is 5.31 Å². The molecule has 0 fully saturated rings. The molecule has 1 rings (SSSR count). The Morgan fingerprint density at radius 3 is 2.50 bits per heavy atom. The molecule has 0 aliphatic carbocycles. The van der Waals surface area contributed by atoms with Crippen LogP contribution in [0.3, 0.4) is 0 Å². The maximum atomic E-state index is 11.2. The van der Waals surface area contributed by atoms with Gasteiger partial charge in [0.05, 0.1) is 0 Å². The highest BCUT2D eigenvalue weighted by atomic mass is 31.1. The van der Waals surface area contributed by atoms with Crippen molar-refractivity contribution in [2.75, 3.05) is 7.11 Å². The van der Waals surface area contributed by atoms with Gasteiger partial charge in [0, 0.05) is 12.4 Å². The van der Waals surface area contributed by atoms with Gasteiger partial charge in [0.25, 0.3) is 0 Å². The molecule has 0 aliphatic heterocycles. The number of rotatable bonds is 3. The molecule has 64 valence electrons. The Bertz CT molecular complexity index is 293. The smallest absolute Gasteiger partial charge is 0.220 e. The molecule has 1 unspecified atom stereocenters. The third-order valence-corrected chi connectivity index (χ3v) is 2.71. The van der Waals surface area contributed by atoms with Crippen molar-refractivity contribution in [3.05, 3.63) is 42.5 Å². The Kier molecular flexibility index (Phi) is 3.27. The van der Waals surface area contributed by atoms with Crippen LogP contribution in [0.1, 0.15) is 5.56 Å². The Balaban J connectivity index is 2.86. The SMILES string of the molecule is C=C(c1ccccc1)[PH](=O)OC. The molecule has 2 nitrogen and oxygen atoms in total. The first-order chi connectivity index (χ1) is 5.75. The molecule has 0 aromatic heterocycles. The maximum Gasteiger partial charge on any atom is 0.220 e. The summed E-state index contributed by atoms with van der Waals surface area (Å²) < 4.78 is 15.9. The van der Waals surface area contributed by atoms with Gasteiger partial charge in [0.15, 0.2) is 0 Å². The highest BCUT2D eigenvalue weighted by molar-refractivity contribution is 7.51. The summed E-state index contributed by atoms with van der Waals surface area (Å²) in [6, 6.07) is 9.39. The number of hydrogen-bond donors (Lipinski definition) is 0. The van der Waals surface area contributed by atoms with Crippen LogP contribution in [-0.4, -0.2) is 7.11 Å². The third kappa shape index (κ3) is 2.07. The van der Waals surface area contributed by atoms with E-state index in [2.05, 4.69) is 6.58 Å². The van der Waals surface area contributed by atoms with Crippen molar-refractivity contribution in [3.8, 4) is 0 Å². The predicted octanol–water partition coefficient (Wildman–Crippen LogP) is 2.78. The first-order valence-corrected chi connectivity index (χ1v) is 4.90. The van der Waals surface area contributed by atoms with Gasteiger partial charge in [-0.3, -0.25) is 4.57 Å². The number of hydrogen-bond acceptors (Lipinski definition) is 2. The summed E-state index contributed by atoms with van der Waals surface area (Å²) in [5.41, 5.74) is 0.878. The van der Waals surface area contributed by atoms with Crippen molar-refractivity contribution in [1.29, 1.82) is 0 Å². The Labute approximate surface area is 72.7 Å². The van der Waals surface area contributed by atoms with Crippen molar-refractivity contribution in [2.45, 2.75) is 0 Å². The summed E-state index contributed by atoms with van der Waals surface area (Å²) in [5.74, 6) is 0. The van der Waals surface area contributed by atoms with Crippen LogP contribution in [0.15, 0.2) is 36.9 Å². The summed E-state index contributed by atoms with van der Waals surface area (Å²) in [7, 11) is -0.677. The third-order valence-electron chi connectivity index (χ3n) is 1.55. The van der Waals surface area contributed by atoms with Crippen LogP contribution in [-0.2, 0) is 9.09 Å². The maximum absolute atomic E-state index is 11.2. The van der Waals surface area contributed by atoms with Gasteiger partial charge < -0.3 is 4.52 Å². The molecular formula is C9H11O2P. The number of benzene rings is 1. The van der Waals surface area contributed by atoms with E-state index < -0.39 is 8.03 Å². The van der Waals surface area contributed by atoms with Gasteiger partial charge in [0.1, 0.15) is 0 Å². The summed E-state index contributed by atoms with van der Waals surface area (Å²) in [6.07, 6.45) is 0. The van der Waals surface area contributed by atoms with Gasteiger partial charge in [-0.05, 0) is 5.56 Å². The molecule has 0 N–H and O–H groups in total. The fourth-order valence-corrected chi connectivity index (χ4v) is 1.53. The van der Waals surface area contributed by atoms with E-state index in [1.807, 2.05) is 30.3 Å². The molecule has 1 atom stereocenters. The van der Waals surface area contributed by atoms with E-state index in [0.29, 0.717) is 5.31 Å². The Morgan fingerprint density at radius 1 is 1.42 bits per heavy atom. The van der Waals surface area contributed by atoms with E-state index in [0.717, 1.165) is 5.56 Å². The molecule has 1 aromatic carbocycles. The van der Waals surface area contributed by atoms with E-state index in [9.17, 15) is 4.57 Å². The fourth-order valence-electron chi connectivity index (χ4n) is 0.880. The summed E-state index contributed by atoms with van der Waals surface area (Å²) >= 11 is 0. The highest BCUT2D eigenvalue weighted by Gasteiger charge is 2.04. The average molecular weight is 182 g/mol. The molecule has 0 amide bonds. The largest absolute Gasteiger partial charge is 0.331 e. The zero-order chi connectivity index (χ0) is 8.97. The molecule has 0 saturated carbocycles. The summed E-state index contributed by atoms with van der Waals surface area (Å²) in [6.45, 7) is 3.70. The van der Waals surface area contributed by atoms with Crippen molar-refractivity contribution in [1.82, 2.24) is 0 Å². The molecule has 0 saturated heterocycles. The monoisotopic (exact) mass is 182 g/mol. The van der Waals surface area contributed by atoms with Gasteiger partial charge in [-0.1, -0.05) is 36.9 Å². The Hall–Kier alpha value is -0.850. The molecule has 3 heteroatoms. The molecule has 1 aromatic rings. The highest BCUT2D eigenvalue weighted by Crippen LogP contribution is 2.38. The lowest BCUT2D eigenvalue weighted by Gasteiger charge is -2.02. The van der Waals surface area contributed by atoms with E-state index in [-0.39, 0.29) is 0 Å². The standard InChI is InChI=1S/C9H11O2P/c1-8(12(10)11-2)9-6-4-3-5-7-9/h3-7,12H,1H2,2H3. The van der Waals surface area contributed by atoms with Gasteiger partial charge in [-0.2, -0.15) is 0 Å². The molecule has 12 heavy (non-hydrogen) atoms. The normalized spacial score (nSPS) is 12.4. The molecular weight excluding hydrogens is 171 g/mol. The quantitative estimate of drug-likeness (QED) is 0.672. The first kappa shape index (κ1) is 9.24. The van der Waals surface area contributed by atoms with Crippen LogP contribution in [0.2, 0.25) is 0 Å². The average Bonchev–Trinajstić information content (AvgIpc) is 2.17. The van der Waals surface area contributed by atoms with Crippen molar-refractivity contribution < 1.29 is 9.09 Å². The summed E-state index contributed by atoms with van der Waals surface area (Å²) in [5, 5.41) is 0.572.